The molecule has 0 aromatic heterocycles. The minimum Gasteiger partial charge on any atom is -0.497 e. The van der Waals surface area contributed by atoms with Crippen molar-refractivity contribution in [1.82, 2.24) is 0 Å². The van der Waals surface area contributed by atoms with Crippen LogP contribution < -0.4 is 23.7 Å². The van der Waals surface area contributed by atoms with Crippen LogP contribution in [-0.2, 0) is 29.0 Å². The molecule has 7 rings (SSSR count). The van der Waals surface area contributed by atoms with E-state index in [1.807, 2.05) is 24.3 Å². The molecule has 0 amide bonds. The van der Waals surface area contributed by atoms with Crippen molar-refractivity contribution >= 4 is 25.7 Å². The van der Waals surface area contributed by atoms with Crippen molar-refractivity contribution < 1.29 is 41.7 Å². The molecule has 9 nitrogen and oxygen atoms in total. The molecular formula is C56H72O9Si. The average Bonchev–Trinajstić information content (AvgIpc) is 3.48. The summed E-state index contributed by atoms with van der Waals surface area (Å²) in [6.07, 6.45) is 5.13. The number of rotatable bonds is 16. The van der Waals surface area contributed by atoms with Crippen LogP contribution in [0.3, 0.4) is 0 Å². The van der Waals surface area contributed by atoms with Gasteiger partial charge in [-0.15, -0.1) is 0 Å². The molecule has 10 heteroatoms. The van der Waals surface area contributed by atoms with Crippen LogP contribution in [0, 0.1) is 0 Å². The molecule has 0 saturated carbocycles. The molecule has 2 aliphatic rings. The summed E-state index contributed by atoms with van der Waals surface area (Å²) in [5.41, 5.74) is 4.73. The highest BCUT2D eigenvalue weighted by molar-refractivity contribution is 6.61. The molecule has 0 spiro atoms. The van der Waals surface area contributed by atoms with Gasteiger partial charge < -0.3 is 41.7 Å². The fraction of sp³-hybridized carbons (Fsp3) is 0.464. The van der Waals surface area contributed by atoms with Gasteiger partial charge in [-0.1, -0.05) is 68.5 Å². The predicted molar refractivity (Wildman–Crippen MR) is 268 cm³/mol. The van der Waals surface area contributed by atoms with Crippen LogP contribution in [0.15, 0.2) is 91.0 Å². The standard InChI is InChI=1S/C56H72O9Si/c1-51(2,3)63-66(64-52(4,5)6,65-53(7,8)9)34-31-54(10,11)61-33-32-60-40-27-23-38(24-28-40)56(37-21-25-39(57-14)26-22-37)30-29-42-49-48(41-19-17-18-20-45(41)55(49,12)13)43-35-46(58-15)47(59-16)36-44(43)50(42)62-56/h17-30,35-36H,31-34H2,1-16H3. The zero-order valence-corrected chi connectivity index (χ0v) is 43.2. The second-order valence-corrected chi connectivity index (χ2v) is 24.1. The third kappa shape index (κ3) is 10.2. The molecule has 1 aliphatic heterocycles. The molecule has 5 aromatic carbocycles. The smallest absolute Gasteiger partial charge is 0.497 e. The van der Waals surface area contributed by atoms with Crippen molar-refractivity contribution in [3.05, 3.63) is 119 Å². The van der Waals surface area contributed by atoms with E-state index in [0.29, 0.717) is 37.2 Å². The normalized spacial score (nSPS) is 16.9. The van der Waals surface area contributed by atoms with Crippen molar-refractivity contribution in [3.63, 3.8) is 0 Å². The van der Waals surface area contributed by atoms with Crippen LogP contribution in [0.25, 0.3) is 28.0 Å². The van der Waals surface area contributed by atoms with Crippen molar-refractivity contribution in [1.29, 1.82) is 0 Å². The summed E-state index contributed by atoms with van der Waals surface area (Å²) in [5.74, 6) is 3.57. The Kier molecular flexibility index (Phi) is 13.4. The van der Waals surface area contributed by atoms with E-state index < -0.39 is 36.8 Å². The predicted octanol–water partition coefficient (Wildman–Crippen LogP) is 13.5. The second-order valence-electron chi connectivity index (χ2n) is 21.6. The Morgan fingerprint density at radius 2 is 1.14 bits per heavy atom. The molecule has 5 aromatic rings. The van der Waals surface area contributed by atoms with Gasteiger partial charge in [-0.3, -0.25) is 0 Å². The molecule has 0 N–H and O–H groups in total. The van der Waals surface area contributed by atoms with Crippen molar-refractivity contribution in [3.8, 4) is 39.9 Å². The highest BCUT2D eigenvalue weighted by Crippen LogP contribution is 2.59. The van der Waals surface area contributed by atoms with Gasteiger partial charge in [0.15, 0.2) is 17.1 Å². The first-order valence-electron chi connectivity index (χ1n) is 23.2. The quantitative estimate of drug-likeness (QED) is 0.0710. The van der Waals surface area contributed by atoms with Gasteiger partial charge in [0.2, 0.25) is 0 Å². The van der Waals surface area contributed by atoms with Gasteiger partial charge >= 0.3 is 8.80 Å². The summed E-state index contributed by atoms with van der Waals surface area (Å²) in [6.45, 7) is 28.0. The number of methoxy groups -OCH3 is 3. The number of hydrogen-bond donors (Lipinski definition) is 0. The monoisotopic (exact) mass is 916 g/mol. The van der Waals surface area contributed by atoms with Gasteiger partial charge in [0, 0.05) is 33.5 Å². The minimum absolute atomic E-state index is 0.294. The van der Waals surface area contributed by atoms with Crippen LogP contribution in [0.5, 0.6) is 28.7 Å². The van der Waals surface area contributed by atoms with Gasteiger partial charge in [0.05, 0.1) is 50.3 Å². The molecule has 1 aliphatic carbocycles. The first-order valence-corrected chi connectivity index (χ1v) is 25.1. The number of ether oxygens (including phenoxy) is 6. The zero-order chi connectivity index (χ0) is 48.1. The van der Waals surface area contributed by atoms with E-state index in [1.165, 1.54) is 22.3 Å². The highest BCUT2D eigenvalue weighted by atomic mass is 28.4. The SMILES string of the molecule is COc1ccc(C2(c3ccc(OCCOC(C)(C)CC[Si](OC(C)(C)C)(OC(C)(C)C)OC(C)(C)C)cc3)C=Cc3c4c(c5cc(OC)c(OC)cc5c3O2)-c2ccccc2C4(C)C)cc1. The molecule has 66 heavy (non-hydrogen) atoms. The molecular weight excluding hydrogens is 845 g/mol. The third-order valence-corrected chi connectivity index (χ3v) is 15.7. The van der Waals surface area contributed by atoms with E-state index in [4.69, 9.17) is 41.7 Å². The third-order valence-electron chi connectivity index (χ3n) is 12.1. The maximum absolute atomic E-state index is 7.56. The lowest BCUT2D eigenvalue weighted by Gasteiger charge is -2.44. The molecule has 1 unspecified atom stereocenters. The Labute approximate surface area is 395 Å². The Morgan fingerprint density at radius 3 is 1.67 bits per heavy atom. The van der Waals surface area contributed by atoms with E-state index in [1.54, 1.807) is 21.3 Å². The summed E-state index contributed by atoms with van der Waals surface area (Å²) in [4.78, 5) is 0. The Bertz CT molecular complexity index is 2510. The van der Waals surface area contributed by atoms with Crippen molar-refractivity contribution in [2.45, 2.75) is 136 Å². The fourth-order valence-electron chi connectivity index (χ4n) is 9.51. The second kappa shape index (κ2) is 18.0. The summed E-state index contributed by atoms with van der Waals surface area (Å²) in [5, 5.41) is 1.99. The fourth-order valence-corrected chi connectivity index (χ4v) is 13.6. The van der Waals surface area contributed by atoms with E-state index in [0.717, 1.165) is 44.7 Å². The number of fused-ring (bicyclic) bond motifs is 8. The van der Waals surface area contributed by atoms with Gasteiger partial charge in [-0.25, -0.2) is 0 Å². The van der Waals surface area contributed by atoms with E-state index in [-0.39, 0.29) is 5.41 Å². The minimum atomic E-state index is -3.18. The van der Waals surface area contributed by atoms with Gasteiger partial charge in [0.1, 0.15) is 23.9 Å². The number of benzene rings is 5. The molecule has 1 atom stereocenters. The largest absolute Gasteiger partial charge is 0.502 e. The van der Waals surface area contributed by atoms with Crippen LogP contribution in [0.2, 0.25) is 6.04 Å². The Balaban J connectivity index is 1.17. The van der Waals surface area contributed by atoms with Crippen molar-refractivity contribution in [2.24, 2.45) is 0 Å². The van der Waals surface area contributed by atoms with Gasteiger partial charge in [-0.05, 0) is 153 Å². The summed E-state index contributed by atoms with van der Waals surface area (Å²) >= 11 is 0. The lowest BCUT2D eigenvalue weighted by Crippen LogP contribution is -2.57. The molecule has 0 saturated heterocycles. The topological polar surface area (TPSA) is 83.1 Å². The van der Waals surface area contributed by atoms with Crippen LogP contribution in [0.4, 0.5) is 0 Å². The average molecular weight is 917 g/mol. The maximum Gasteiger partial charge on any atom is 0.502 e. The zero-order valence-electron chi connectivity index (χ0n) is 42.2. The number of hydrogen-bond acceptors (Lipinski definition) is 9. The lowest BCUT2D eigenvalue weighted by molar-refractivity contribution is -0.0823. The Hall–Kier alpha value is -4.84. The lowest BCUT2D eigenvalue weighted by atomic mass is 9.76. The highest BCUT2D eigenvalue weighted by Gasteiger charge is 2.51. The van der Waals surface area contributed by atoms with E-state index in [2.05, 4.69) is 163 Å². The summed E-state index contributed by atoms with van der Waals surface area (Å²) < 4.78 is 58.0. The molecule has 0 bridgehead atoms. The van der Waals surface area contributed by atoms with Gasteiger partial charge in [-0.2, -0.15) is 0 Å². The first kappa shape index (κ1) is 49.1. The van der Waals surface area contributed by atoms with Crippen molar-refractivity contribution in [2.75, 3.05) is 34.5 Å². The molecule has 0 radical (unpaired) electrons. The van der Waals surface area contributed by atoms with Crippen LogP contribution in [0.1, 0.15) is 124 Å². The Morgan fingerprint density at radius 1 is 0.606 bits per heavy atom. The molecule has 1 heterocycles. The summed E-state index contributed by atoms with van der Waals surface area (Å²) in [6, 6.07) is 29.7. The van der Waals surface area contributed by atoms with Crippen LogP contribution in [-0.4, -0.2) is 65.8 Å². The maximum atomic E-state index is 7.56. The summed E-state index contributed by atoms with van der Waals surface area (Å²) in [7, 11) is 1.85. The van der Waals surface area contributed by atoms with E-state index >= 15 is 0 Å². The molecule has 354 valence electrons. The van der Waals surface area contributed by atoms with Gasteiger partial charge in [0.25, 0.3) is 0 Å². The van der Waals surface area contributed by atoms with E-state index in [9.17, 15) is 0 Å². The van der Waals surface area contributed by atoms with Crippen LogP contribution >= 0.6 is 0 Å². The first-order chi connectivity index (χ1) is 30.8. The molecule has 0 fully saturated rings.